The van der Waals surface area contributed by atoms with Crippen LogP contribution in [0.3, 0.4) is 0 Å². The predicted octanol–water partition coefficient (Wildman–Crippen LogP) is 8.55. The zero-order valence-electron chi connectivity index (χ0n) is 23.4. The van der Waals surface area contributed by atoms with E-state index in [2.05, 4.69) is 13.8 Å². The highest BCUT2D eigenvalue weighted by Gasteiger charge is 2.16. The first-order valence-corrected chi connectivity index (χ1v) is 14.3. The van der Waals surface area contributed by atoms with Crippen LogP contribution in [0.4, 0.5) is 0 Å². The van der Waals surface area contributed by atoms with Gasteiger partial charge in [-0.05, 0) is 81.9 Å². The molecule has 0 spiro atoms. The number of ether oxygens (including phenoxy) is 2. The van der Waals surface area contributed by atoms with E-state index in [1.165, 1.54) is 0 Å². The number of hydrogen-bond acceptors (Lipinski definition) is 6. The van der Waals surface area contributed by atoms with E-state index in [1.807, 2.05) is 36.4 Å². The van der Waals surface area contributed by atoms with Crippen LogP contribution < -0.4 is 0 Å². The SMILES string of the molecule is CCCCCCOC(=O)c1cc2cc(-c3ccc4cc(O)c(C(=O)OCCCCCC)cc4c3)ccc2cc1O. The van der Waals surface area contributed by atoms with Gasteiger partial charge in [-0.15, -0.1) is 0 Å². The fourth-order valence-corrected chi connectivity index (χ4v) is 4.80. The Kier molecular flexibility index (Phi) is 10.0. The first-order chi connectivity index (χ1) is 19.4. The van der Waals surface area contributed by atoms with Crippen LogP contribution >= 0.6 is 0 Å². The fourth-order valence-electron chi connectivity index (χ4n) is 4.80. The summed E-state index contributed by atoms with van der Waals surface area (Å²) in [4.78, 5) is 25.3. The quantitative estimate of drug-likeness (QED) is 0.130. The molecule has 6 heteroatoms. The molecule has 0 aliphatic rings. The first kappa shape index (κ1) is 28.9. The van der Waals surface area contributed by atoms with Crippen molar-refractivity contribution in [2.24, 2.45) is 0 Å². The highest BCUT2D eigenvalue weighted by Crippen LogP contribution is 2.33. The summed E-state index contributed by atoms with van der Waals surface area (Å²) in [5.74, 6) is -1.27. The molecule has 2 N–H and O–H groups in total. The summed E-state index contributed by atoms with van der Waals surface area (Å²) in [6.07, 6.45) is 8.02. The van der Waals surface area contributed by atoms with Gasteiger partial charge in [0.05, 0.1) is 13.2 Å². The number of unbranched alkanes of at least 4 members (excludes halogenated alkanes) is 6. The van der Waals surface area contributed by atoms with Gasteiger partial charge in [0.15, 0.2) is 0 Å². The molecule has 0 atom stereocenters. The maximum Gasteiger partial charge on any atom is 0.341 e. The molecule has 4 aromatic rings. The summed E-state index contributed by atoms with van der Waals surface area (Å²) >= 11 is 0. The number of rotatable bonds is 13. The Morgan fingerprint density at radius 1 is 0.550 bits per heavy atom. The van der Waals surface area contributed by atoms with E-state index < -0.39 is 11.9 Å². The number of phenolic OH excluding ortho intramolecular Hbond substituents is 2. The maximum atomic E-state index is 12.6. The zero-order valence-corrected chi connectivity index (χ0v) is 23.4. The molecule has 0 heterocycles. The maximum absolute atomic E-state index is 12.6. The lowest BCUT2D eigenvalue weighted by Crippen LogP contribution is -2.07. The van der Waals surface area contributed by atoms with Crippen LogP contribution in [0.25, 0.3) is 32.7 Å². The van der Waals surface area contributed by atoms with Crippen molar-refractivity contribution < 1.29 is 29.3 Å². The minimum Gasteiger partial charge on any atom is -0.507 e. The van der Waals surface area contributed by atoms with Crippen LogP contribution in [0.5, 0.6) is 11.5 Å². The standard InChI is InChI=1S/C34H38O6/c1-3-5-7-9-15-39-33(37)29-19-27-17-23(11-13-25(27)21-31(29)35)24-12-14-26-22-32(36)30(20-28(26)18-24)34(38)40-16-10-8-6-4-2/h11-14,17-22,35-36H,3-10,15-16H2,1-2H3. The molecule has 0 saturated heterocycles. The molecule has 0 saturated carbocycles. The number of hydrogen-bond donors (Lipinski definition) is 2. The van der Waals surface area contributed by atoms with E-state index in [1.54, 1.807) is 24.3 Å². The monoisotopic (exact) mass is 542 g/mol. The van der Waals surface area contributed by atoms with Gasteiger partial charge < -0.3 is 19.7 Å². The lowest BCUT2D eigenvalue weighted by Gasteiger charge is -2.11. The first-order valence-electron chi connectivity index (χ1n) is 14.3. The molecule has 0 radical (unpaired) electrons. The zero-order chi connectivity index (χ0) is 28.5. The van der Waals surface area contributed by atoms with Gasteiger partial charge in [0, 0.05) is 0 Å². The second-order valence-corrected chi connectivity index (χ2v) is 10.3. The Morgan fingerprint density at radius 3 is 1.38 bits per heavy atom. The summed E-state index contributed by atoms with van der Waals surface area (Å²) in [6, 6.07) is 18.1. The third kappa shape index (κ3) is 7.12. The smallest absolute Gasteiger partial charge is 0.341 e. The Bertz CT molecular complexity index is 1380. The highest BCUT2D eigenvalue weighted by molar-refractivity contribution is 6.01. The fraction of sp³-hybridized carbons (Fsp3) is 0.353. The second-order valence-electron chi connectivity index (χ2n) is 10.3. The van der Waals surface area contributed by atoms with Crippen LogP contribution in [0.2, 0.25) is 0 Å². The number of benzene rings is 4. The van der Waals surface area contributed by atoms with Crippen LogP contribution in [0.15, 0.2) is 60.7 Å². The topological polar surface area (TPSA) is 93.1 Å². The van der Waals surface area contributed by atoms with Gasteiger partial charge in [-0.3, -0.25) is 0 Å². The summed E-state index contributed by atoms with van der Waals surface area (Å²) in [5.41, 5.74) is 2.11. The number of aromatic hydroxyl groups is 2. The van der Waals surface area contributed by atoms with Crippen LogP contribution in [0, 0.1) is 0 Å². The second kappa shape index (κ2) is 13.8. The molecule has 0 amide bonds. The van der Waals surface area contributed by atoms with Crippen molar-refractivity contribution in [3.63, 3.8) is 0 Å². The van der Waals surface area contributed by atoms with Crippen molar-refractivity contribution in [3.8, 4) is 22.6 Å². The minimum atomic E-state index is -0.531. The van der Waals surface area contributed by atoms with Crippen molar-refractivity contribution >= 4 is 33.5 Å². The molecule has 0 aromatic heterocycles. The third-order valence-electron chi connectivity index (χ3n) is 7.14. The van der Waals surface area contributed by atoms with Gasteiger partial charge in [0.2, 0.25) is 0 Å². The van der Waals surface area contributed by atoms with Crippen molar-refractivity contribution in [2.45, 2.75) is 65.2 Å². The van der Waals surface area contributed by atoms with Crippen LogP contribution in [0.1, 0.15) is 85.9 Å². The molecule has 0 aliphatic heterocycles. The summed E-state index contributed by atoms with van der Waals surface area (Å²) in [6.45, 7) is 4.91. The van der Waals surface area contributed by atoms with Gasteiger partial charge in [0.25, 0.3) is 0 Å². The lowest BCUT2D eigenvalue weighted by molar-refractivity contribution is 0.0485. The Balaban J connectivity index is 1.56. The van der Waals surface area contributed by atoms with E-state index in [0.717, 1.165) is 84.0 Å². The van der Waals surface area contributed by atoms with E-state index in [0.29, 0.717) is 13.2 Å². The highest BCUT2D eigenvalue weighted by atomic mass is 16.5. The normalized spacial score (nSPS) is 11.2. The summed E-state index contributed by atoms with van der Waals surface area (Å²) < 4.78 is 10.8. The summed E-state index contributed by atoms with van der Waals surface area (Å²) in [7, 11) is 0. The van der Waals surface area contributed by atoms with Crippen LogP contribution in [-0.2, 0) is 9.47 Å². The average Bonchev–Trinajstić information content (AvgIpc) is 2.95. The molecule has 4 rings (SSSR count). The van der Waals surface area contributed by atoms with Crippen LogP contribution in [-0.4, -0.2) is 35.4 Å². The molecule has 210 valence electrons. The number of esters is 2. The Labute approximate surface area is 235 Å². The molecular formula is C34H38O6. The van der Waals surface area contributed by atoms with Crippen molar-refractivity contribution in [3.05, 3.63) is 71.8 Å². The molecule has 0 fully saturated rings. The van der Waals surface area contributed by atoms with E-state index in [-0.39, 0.29) is 22.6 Å². The third-order valence-corrected chi connectivity index (χ3v) is 7.14. The average molecular weight is 543 g/mol. The van der Waals surface area contributed by atoms with E-state index >= 15 is 0 Å². The molecule has 40 heavy (non-hydrogen) atoms. The lowest BCUT2D eigenvalue weighted by atomic mass is 9.96. The Hall–Kier alpha value is -4.06. The number of fused-ring (bicyclic) bond motifs is 2. The molecule has 0 aliphatic carbocycles. The van der Waals surface area contributed by atoms with Gasteiger partial charge in [-0.1, -0.05) is 76.6 Å². The van der Waals surface area contributed by atoms with Gasteiger partial charge in [-0.2, -0.15) is 0 Å². The number of phenols is 2. The van der Waals surface area contributed by atoms with Crippen molar-refractivity contribution in [1.29, 1.82) is 0 Å². The predicted molar refractivity (Wildman–Crippen MR) is 159 cm³/mol. The number of carbonyl (C=O) groups excluding carboxylic acids is 2. The van der Waals surface area contributed by atoms with Gasteiger partial charge in [0.1, 0.15) is 22.6 Å². The summed E-state index contributed by atoms with van der Waals surface area (Å²) in [5, 5.41) is 24.1. The van der Waals surface area contributed by atoms with E-state index in [9.17, 15) is 19.8 Å². The van der Waals surface area contributed by atoms with E-state index in [4.69, 9.17) is 9.47 Å². The molecule has 0 bridgehead atoms. The minimum absolute atomic E-state index is 0.103. The van der Waals surface area contributed by atoms with Gasteiger partial charge >= 0.3 is 11.9 Å². The molecule has 4 aromatic carbocycles. The number of carbonyl (C=O) groups is 2. The Morgan fingerprint density at radius 2 is 0.975 bits per heavy atom. The molecule has 6 nitrogen and oxygen atoms in total. The van der Waals surface area contributed by atoms with Crippen molar-refractivity contribution in [2.75, 3.05) is 13.2 Å². The largest absolute Gasteiger partial charge is 0.507 e. The van der Waals surface area contributed by atoms with Gasteiger partial charge in [-0.25, -0.2) is 9.59 Å². The molecular weight excluding hydrogens is 504 g/mol. The molecule has 0 unspecified atom stereocenters. The van der Waals surface area contributed by atoms with Crippen molar-refractivity contribution in [1.82, 2.24) is 0 Å².